The molecule has 116 valence electrons. The van der Waals surface area contributed by atoms with E-state index in [1.54, 1.807) is 6.07 Å². The Morgan fingerprint density at radius 2 is 1.64 bits per heavy atom. The molecule has 2 aromatic carbocycles. The maximum atomic E-state index is 13.0. The van der Waals surface area contributed by atoms with E-state index in [0.717, 1.165) is 19.3 Å². The van der Waals surface area contributed by atoms with Gasteiger partial charge in [-0.1, -0.05) is 24.3 Å². The zero-order valence-corrected chi connectivity index (χ0v) is 13.6. The van der Waals surface area contributed by atoms with Crippen molar-refractivity contribution in [2.45, 2.75) is 37.5 Å². The maximum Gasteiger partial charge on any atom is 0.264 e. The number of sulfonamides is 1. The molecule has 0 saturated heterocycles. The van der Waals surface area contributed by atoms with Crippen LogP contribution >= 0.6 is 0 Å². The summed E-state index contributed by atoms with van der Waals surface area (Å²) in [5, 5.41) is 0. The van der Waals surface area contributed by atoms with Crippen LogP contribution in [0.2, 0.25) is 0 Å². The van der Waals surface area contributed by atoms with Crippen LogP contribution < -0.4 is 4.31 Å². The predicted octanol–water partition coefficient (Wildman–Crippen LogP) is 3.78. The lowest BCUT2D eigenvalue weighted by atomic mass is 9.92. The summed E-state index contributed by atoms with van der Waals surface area (Å²) in [5.41, 5.74) is 3.20. The van der Waals surface area contributed by atoms with Crippen LogP contribution in [0.15, 0.2) is 53.4 Å². The van der Waals surface area contributed by atoms with E-state index in [1.807, 2.05) is 49.4 Å². The number of fused-ring (bicyclic) bond motifs is 1. The fourth-order valence-corrected chi connectivity index (χ4v) is 4.61. The molecule has 0 atom stereocenters. The number of hydrogen-bond donors (Lipinski definition) is 0. The average molecular weight is 315 g/mol. The fourth-order valence-electron chi connectivity index (χ4n) is 3.08. The first kappa shape index (κ1) is 15.1. The summed E-state index contributed by atoms with van der Waals surface area (Å²) in [6, 6.07) is 14.9. The Kier molecular flexibility index (Phi) is 4.21. The lowest BCUT2D eigenvalue weighted by Gasteiger charge is -2.24. The van der Waals surface area contributed by atoms with Gasteiger partial charge in [-0.15, -0.1) is 0 Å². The summed E-state index contributed by atoms with van der Waals surface area (Å²) in [4.78, 5) is 0.402. The zero-order chi connectivity index (χ0) is 15.6. The fraction of sp³-hybridized carbons (Fsp3) is 0.333. The van der Waals surface area contributed by atoms with Crippen molar-refractivity contribution in [1.82, 2.24) is 0 Å². The zero-order valence-electron chi connectivity index (χ0n) is 12.8. The molecule has 0 unspecified atom stereocenters. The van der Waals surface area contributed by atoms with Crippen LogP contribution in [0.25, 0.3) is 0 Å². The van der Waals surface area contributed by atoms with Crippen molar-refractivity contribution in [2.24, 2.45) is 0 Å². The molecule has 1 aliphatic carbocycles. The third-order valence-corrected chi connectivity index (χ3v) is 6.14. The highest BCUT2D eigenvalue weighted by molar-refractivity contribution is 7.92. The van der Waals surface area contributed by atoms with E-state index in [1.165, 1.54) is 21.9 Å². The standard InChI is InChI=1S/C18H21NO2S/c1-2-19(17-10-4-3-5-11-17)22(20,21)18-13-12-15-8-6-7-9-16(15)14-18/h3-5,10-14H,2,6-9H2,1H3. The molecule has 2 aromatic rings. The van der Waals surface area contributed by atoms with Gasteiger partial charge in [-0.2, -0.15) is 0 Å². The quantitative estimate of drug-likeness (QED) is 0.861. The number of aryl methyl sites for hydroxylation is 2. The Morgan fingerprint density at radius 3 is 2.32 bits per heavy atom. The summed E-state index contributed by atoms with van der Waals surface area (Å²) in [7, 11) is -3.50. The van der Waals surface area contributed by atoms with Gasteiger partial charge >= 0.3 is 0 Å². The predicted molar refractivity (Wildman–Crippen MR) is 89.7 cm³/mol. The van der Waals surface area contributed by atoms with Crippen LogP contribution in [0.3, 0.4) is 0 Å². The number of nitrogens with zero attached hydrogens (tertiary/aromatic N) is 1. The minimum Gasteiger partial charge on any atom is -0.267 e. The minimum absolute atomic E-state index is 0.402. The Morgan fingerprint density at radius 1 is 0.955 bits per heavy atom. The Bertz CT molecular complexity index is 754. The van der Waals surface area contributed by atoms with Gasteiger partial charge < -0.3 is 0 Å². The molecule has 22 heavy (non-hydrogen) atoms. The first-order valence-electron chi connectivity index (χ1n) is 7.82. The second kappa shape index (κ2) is 6.13. The van der Waals surface area contributed by atoms with Gasteiger partial charge in [0.25, 0.3) is 10.0 Å². The van der Waals surface area contributed by atoms with E-state index in [4.69, 9.17) is 0 Å². The topological polar surface area (TPSA) is 37.4 Å². The Hall–Kier alpha value is -1.81. The van der Waals surface area contributed by atoms with Crippen molar-refractivity contribution >= 4 is 15.7 Å². The van der Waals surface area contributed by atoms with Crippen molar-refractivity contribution in [3.05, 3.63) is 59.7 Å². The summed E-state index contributed by atoms with van der Waals surface area (Å²) in [5.74, 6) is 0. The average Bonchev–Trinajstić information content (AvgIpc) is 2.56. The second-order valence-electron chi connectivity index (χ2n) is 5.64. The minimum atomic E-state index is -3.50. The molecule has 1 aliphatic rings. The summed E-state index contributed by atoms with van der Waals surface area (Å²) in [6.07, 6.45) is 4.39. The van der Waals surface area contributed by atoms with Crippen LogP contribution in [0.5, 0.6) is 0 Å². The molecule has 0 amide bonds. The normalized spacial score (nSPS) is 14.4. The molecule has 3 rings (SSSR count). The van der Waals surface area contributed by atoms with Gasteiger partial charge in [-0.3, -0.25) is 4.31 Å². The molecule has 0 aromatic heterocycles. The van der Waals surface area contributed by atoms with Crippen LogP contribution in [0.1, 0.15) is 30.9 Å². The van der Waals surface area contributed by atoms with Gasteiger partial charge in [0, 0.05) is 6.54 Å². The lowest BCUT2D eigenvalue weighted by molar-refractivity contribution is 0.591. The molecule has 4 heteroatoms. The third kappa shape index (κ3) is 2.75. The summed E-state index contributed by atoms with van der Waals surface area (Å²) >= 11 is 0. The highest BCUT2D eigenvalue weighted by atomic mass is 32.2. The number of para-hydroxylation sites is 1. The summed E-state index contributed by atoms with van der Waals surface area (Å²) < 4.78 is 27.4. The monoisotopic (exact) mass is 315 g/mol. The molecule has 0 bridgehead atoms. The third-order valence-electron chi connectivity index (χ3n) is 4.24. The van der Waals surface area contributed by atoms with Gasteiger partial charge in [-0.05, 0) is 68.0 Å². The highest BCUT2D eigenvalue weighted by Gasteiger charge is 2.24. The van der Waals surface area contributed by atoms with Gasteiger partial charge in [-0.25, -0.2) is 8.42 Å². The van der Waals surface area contributed by atoms with Crippen LogP contribution in [0, 0.1) is 0 Å². The maximum absolute atomic E-state index is 13.0. The number of hydrogen-bond acceptors (Lipinski definition) is 2. The van der Waals surface area contributed by atoms with Crippen molar-refractivity contribution in [1.29, 1.82) is 0 Å². The van der Waals surface area contributed by atoms with Gasteiger partial charge in [0.2, 0.25) is 0 Å². The van der Waals surface area contributed by atoms with Gasteiger partial charge in [0.05, 0.1) is 10.6 Å². The smallest absolute Gasteiger partial charge is 0.264 e. The number of rotatable bonds is 4. The highest BCUT2D eigenvalue weighted by Crippen LogP contribution is 2.28. The molecule has 0 aliphatic heterocycles. The second-order valence-corrected chi connectivity index (χ2v) is 7.51. The first-order chi connectivity index (χ1) is 10.6. The Labute approximate surface area is 132 Å². The largest absolute Gasteiger partial charge is 0.267 e. The first-order valence-corrected chi connectivity index (χ1v) is 9.26. The number of anilines is 1. The number of benzene rings is 2. The summed E-state index contributed by atoms with van der Waals surface area (Å²) in [6.45, 7) is 2.28. The van der Waals surface area contributed by atoms with Crippen LogP contribution in [-0.4, -0.2) is 15.0 Å². The van der Waals surface area contributed by atoms with Crippen molar-refractivity contribution in [2.75, 3.05) is 10.8 Å². The SMILES string of the molecule is CCN(c1ccccc1)S(=O)(=O)c1ccc2c(c1)CCCC2. The molecule has 0 heterocycles. The van der Waals surface area contributed by atoms with Crippen LogP contribution in [-0.2, 0) is 22.9 Å². The van der Waals surface area contributed by atoms with Gasteiger partial charge in [0.15, 0.2) is 0 Å². The van der Waals surface area contributed by atoms with E-state index in [-0.39, 0.29) is 0 Å². The van der Waals surface area contributed by atoms with E-state index >= 15 is 0 Å². The van der Waals surface area contributed by atoms with E-state index in [9.17, 15) is 8.42 Å². The van der Waals surface area contributed by atoms with Crippen LogP contribution in [0.4, 0.5) is 5.69 Å². The van der Waals surface area contributed by atoms with E-state index in [2.05, 4.69) is 0 Å². The van der Waals surface area contributed by atoms with E-state index in [0.29, 0.717) is 17.1 Å². The molecule has 0 saturated carbocycles. The molecular weight excluding hydrogens is 294 g/mol. The Balaban J connectivity index is 2.01. The lowest BCUT2D eigenvalue weighted by Crippen LogP contribution is -2.30. The molecule has 3 nitrogen and oxygen atoms in total. The molecular formula is C18H21NO2S. The van der Waals surface area contributed by atoms with Crippen molar-refractivity contribution in [3.8, 4) is 0 Å². The molecule has 0 radical (unpaired) electrons. The van der Waals surface area contributed by atoms with Gasteiger partial charge in [0.1, 0.15) is 0 Å². The van der Waals surface area contributed by atoms with E-state index < -0.39 is 10.0 Å². The van der Waals surface area contributed by atoms with Crippen molar-refractivity contribution in [3.63, 3.8) is 0 Å². The molecule has 0 fully saturated rings. The molecule has 0 spiro atoms. The van der Waals surface area contributed by atoms with Crippen molar-refractivity contribution < 1.29 is 8.42 Å². The molecule has 0 N–H and O–H groups in total.